The molecule has 0 amide bonds. The summed E-state index contributed by atoms with van der Waals surface area (Å²) in [6, 6.07) is 9.22. The van der Waals surface area contributed by atoms with E-state index in [0.29, 0.717) is 27.8 Å². The molecule has 8 heteroatoms. The average Bonchev–Trinajstić information content (AvgIpc) is 2.42. The van der Waals surface area contributed by atoms with Crippen molar-refractivity contribution in [2.24, 2.45) is 5.14 Å². The summed E-state index contributed by atoms with van der Waals surface area (Å²) >= 11 is 5.94. The second kappa shape index (κ2) is 5.80. The maximum absolute atomic E-state index is 11.4. The highest BCUT2D eigenvalue weighted by Crippen LogP contribution is 2.31. The fraction of sp³-hybridized carbons (Fsp3) is 0.0769. The van der Waals surface area contributed by atoms with Gasteiger partial charge in [-0.15, -0.1) is 0 Å². The van der Waals surface area contributed by atoms with E-state index in [4.69, 9.17) is 27.2 Å². The van der Waals surface area contributed by atoms with Gasteiger partial charge < -0.3 is 15.8 Å². The highest BCUT2D eigenvalue weighted by Gasteiger charge is 2.11. The van der Waals surface area contributed by atoms with Crippen LogP contribution in [0.15, 0.2) is 41.3 Å². The van der Waals surface area contributed by atoms with Gasteiger partial charge in [-0.2, -0.15) is 0 Å². The summed E-state index contributed by atoms with van der Waals surface area (Å²) in [7, 11) is -2.29. The fourth-order valence-corrected chi connectivity index (χ4v) is 2.45. The third kappa shape index (κ3) is 3.57. The second-order valence-electron chi connectivity index (χ2n) is 4.27. The molecule has 0 fully saturated rings. The number of ether oxygens (including phenoxy) is 1. The Morgan fingerprint density at radius 2 is 1.90 bits per heavy atom. The van der Waals surface area contributed by atoms with Crippen LogP contribution in [0.5, 0.6) is 5.75 Å². The molecule has 2 aromatic carbocycles. The van der Waals surface area contributed by atoms with Gasteiger partial charge in [0.05, 0.1) is 28.4 Å². The molecule has 0 atom stereocenters. The van der Waals surface area contributed by atoms with Crippen LogP contribution in [0.1, 0.15) is 0 Å². The van der Waals surface area contributed by atoms with Crippen LogP contribution in [0.2, 0.25) is 5.02 Å². The summed E-state index contributed by atoms with van der Waals surface area (Å²) in [5.41, 5.74) is 7.28. The monoisotopic (exact) mass is 327 g/mol. The standard InChI is InChI=1S/C13H14ClN3O3S/c1-20-13-6-8(2-4-10(13)14)17-12-7-9(21(16,18)19)3-5-11(12)15/h2-7,17H,15H2,1H3,(H2,16,18,19). The van der Waals surface area contributed by atoms with Crippen molar-refractivity contribution in [1.82, 2.24) is 0 Å². The van der Waals surface area contributed by atoms with E-state index in [9.17, 15) is 8.42 Å². The third-order valence-electron chi connectivity index (χ3n) is 2.78. The van der Waals surface area contributed by atoms with Gasteiger partial charge in [-0.25, -0.2) is 13.6 Å². The van der Waals surface area contributed by atoms with E-state index < -0.39 is 10.0 Å². The first-order valence-electron chi connectivity index (χ1n) is 5.84. The van der Waals surface area contributed by atoms with Crippen LogP contribution in [0.4, 0.5) is 17.1 Å². The summed E-state index contributed by atoms with van der Waals surface area (Å²) in [6.07, 6.45) is 0. The Hall–Kier alpha value is -1.96. The Balaban J connectivity index is 2.39. The number of anilines is 3. The van der Waals surface area contributed by atoms with Crippen LogP contribution in [0, 0.1) is 0 Å². The third-order valence-corrected chi connectivity index (χ3v) is 4.01. The van der Waals surface area contributed by atoms with Crippen molar-refractivity contribution >= 4 is 38.7 Å². The summed E-state index contributed by atoms with van der Waals surface area (Å²) in [5.74, 6) is 0.489. The minimum Gasteiger partial charge on any atom is -0.495 e. The van der Waals surface area contributed by atoms with E-state index in [-0.39, 0.29) is 4.90 Å². The van der Waals surface area contributed by atoms with Crippen LogP contribution in [0.25, 0.3) is 0 Å². The lowest BCUT2D eigenvalue weighted by molar-refractivity contribution is 0.415. The lowest BCUT2D eigenvalue weighted by Crippen LogP contribution is -2.12. The summed E-state index contributed by atoms with van der Waals surface area (Å²) in [4.78, 5) is -0.0277. The smallest absolute Gasteiger partial charge is 0.238 e. The number of rotatable bonds is 4. The second-order valence-corrected chi connectivity index (χ2v) is 6.24. The molecule has 0 unspecified atom stereocenters. The zero-order valence-corrected chi connectivity index (χ0v) is 12.7. The summed E-state index contributed by atoms with van der Waals surface area (Å²) in [6.45, 7) is 0. The van der Waals surface area contributed by atoms with Gasteiger partial charge in [-0.1, -0.05) is 11.6 Å². The molecule has 6 nitrogen and oxygen atoms in total. The molecule has 112 valence electrons. The molecule has 2 rings (SSSR count). The Kier molecular flexibility index (Phi) is 4.26. The van der Waals surface area contributed by atoms with E-state index >= 15 is 0 Å². The summed E-state index contributed by atoms with van der Waals surface area (Å²) in [5, 5.41) is 8.57. The lowest BCUT2D eigenvalue weighted by atomic mass is 10.2. The van der Waals surface area contributed by atoms with E-state index in [1.54, 1.807) is 18.2 Å². The van der Waals surface area contributed by atoms with Gasteiger partial charge in [0.15, 0.2) is 0 Å². The molecule has 0 aliphatic heterocycles. The van der Waals surface area contributed by atoms with Gasteiger partial charge in [-0.3, -0.25) is 0 Å². The fourth-order valence-electron chi connectivity index (χ4n) is 1.71. The quantitative estimate of drug-likeness (QED) is 0.747. The molecule has 2 aromatic rings. The number of nitrogens with one attached hydrogen (secondary N) is 1. The van der Waals surface area contributed by atoms with Crippen molar-refractivity contribution in [1.29, 1.82) is 0 Å². The predicted octanol–water partition coefficient (Wildman–Crippen LogP) is 2.32. The van der Waals surface area contributed by atoms with Crippen LogP contribution < -0.4 is 20.9 Å². The van der Waals surface area contributed by atoms with Gasteiger partial charge in [0, 0.05) is 11.8 Å². The molecule has 0 radical (unpaired) electrons. The number of methoxy groups -OCH3 is 1. The van der Waals surface area contributed by atoms with Crippen LogP contribution in [0.3, 0.4) is 0 Å². The Bertz CT molecular complexity index is 778. The Morgan fingerprint density at radius 1 is 1.19 bits per heavy atom. The number of halogens is 1. The predicted molar refractivity (Wildman–Crippen MR) is 83.5 cm³/mol. The van der Waals surface area contributed by atoms with Crippen molar-refractivity contribution < 1.29 is 13.2 Å². The first-order chi connectivity index (χ1) is 9.81. The van der Waals surface area contributed by atoms with E-state index in [0.717, 1.165) is 0 Å². The van der Waals surface area contributed by atoms with Crippen LogP contribution in [-0.2, 0) is 10.0 Å². The van der Waals surface area contributed by atoms with E-state index in [1.165, 1.54) is 25.3 Å². The van der Waals surface area contributed by atoms with Gasteiger partial charge in [-0.05, 0) is 30.3 Å². The average molecular weight is 328 g/mol. The van der Waals surface area contributed by atoms with Crippen molar-refractivity contribution in [2.75, 3.05) is 18.2 Å². The first-order valence-corrected chi connectivity index (χ1v) is 7.76. The molecular formula is C13H14ClN3O3S. The molecule has 0 saturated heterocycles. The lowest BCUT2D eigenvalue weighted by Gasteiger charge is -2.12. The molecule has 5 N–H and O–H groups in total. The Labute approximate surface area is 127 Å². The molecule has 0 bridgehead atoms. The molecule has 0 saturated carbocycles. The van der Waals surface area contributed by atoms with Crippen molar-refractivity contribution in [3.8, 4) is 5.75 Å². The number of nitrogens with two attached hydrogens (primary N) is 2. The molecule has 0 aromatic heterocycles. The highest BCUT2D eigenvalue weighted by atomic mass is 35.5. The number of benzene rings is 2. The zero-order chi connectivity index (χ0) is 15.6. The minimum atomic E-state index is -3.80. The van der Waals surface area contributed by atoms with E-state index in [1.807, 2.05) is 0 Å². The maximum atomic E-state index is 11.4. The number of hydrogen-bond donors (Lipinski definition) is 3. The highest BCUT2D eigenvalue weighted by molar-refractivity contribution is 7.89. The van der Waals surface area contributed by atoms with Gasteiger partial charge >= 0.3 is 0 Å². The molecule has 21 heavy (non-hydrogen) atoms. The molecule has 0 aliphatic rings. The number of sulfonamides is 1. The van der Waals surface area contributed by atoms with Crippen LogP contribution >= 0.6 is 11.6 Å². The number of hydrogen-bond acceptors (Lipinski definition) is 5. The van der Waals surface area contributed by atoms with Gasteiger partial charge in [0.1, 0.15) is 5.75 Å². The Morgan fingerprint density at radius 3 is 2.52 bits per heavy atom. The SMILES string of the molecule is COc1cc(Nc2cc(S(N)(=O)=O)ccc2N)ccc1Cl. The van der Waals surface area contributed by atoms with Crippen molar-refractivity contribution in [2.45, 2.75) is 4.90 Å². The summed E-state index contributed by atoms with van der Waals surface area (Å²) < 4.78 is 27.8. The molecule has 0 aliphatic carbocycles. The van der Waals surface area contributed by atoms with E-state index in [2.05, 4.69) is 5.32 Å². The molecule has 0 heterocycles. The molecule has 0 spiro atoms. The van der Waals surface area contributed by atoms with Gasteiger partial charge in [0.2, 0.25) is 10.0 Å². The first kappa shape index (κ1) is 15.4. The largest absolute Gasteiger partial charge is 0.495 e. The van der Waals surface area contributed by atoms with Gasteiger partial charge in [0.25, 0.3) is 0 Å². The normalized spacial score (nSPS) is 11.2. The number of primary sulfonamides is 1. The maximum Gasteiger partial charge on any atom is 0.238 e. The zero-order valence-electron chi connectivity index (χ0n) is 11.1. The molecular weight excluding hydrogens is 314 g/mol. The van der Waals surface area contributed by atoms with Crippen molar-refractivity contribution in [3.05, 3.63) is 41.4 Å². The van der Waals surface area contributed by atoms with Crippen molar-refractivity contribution in [3.63, 3.8) is 0 Å². The van der Waals surface area contributed by atoms with Crippen LogP contribution in [-0.4, -0.2) is 15.5 Å². The number of nitrogen functional groups attached to an aromatic ring is 1. The minimum absolute atomic E-state index is 0.0277. The topological polar surface area (TPSA) is 107 Å².